The molecule has 0 unspecified atom stereocenters. The van der Waals surface area contributed by atoms with Gasteiger partial charge in [0.25, 0.3) is 5.91 Å². The average molecular weight is 478 g/mol. The minimum absolute atomic E-state index is 0.220. The molecule has 170 valence electrons. The van der Waals surface area contributed by atoms with E-state index in [1.54, 1.807) is 57.5 Å². The van der Waals surface area contributed by atoms with Crippen LogP contribution in [0.25, 0.3) is 0 Å². The van der Waals surface area contributed by atoms with E-state index in [1.165, 1.54) is 0 Å². The third kappa shape index (κ3) is 5.19. The molecule has 0 saturated carbocycles. The van der Waals surface area contributed by atoms with Crippen molar-refractivity contribution in [2.75, 3.05) is 20.8 Å². The van der Waals surface area contributed by atoms with E-state index in [1.807, 2.05) is 12.2 Å². The Bertz CT molecular complexity index is 1000. The van der Waals surface area contributed by atoms with Gasteiger partial charge in [0.05, 0.1) is 42.4 Å². The van der Waals surface area contributed by atoms with Gasteiger partial charge in [-0.3, -0.25) is 9.59 Å². The number of methoxy groups -OCH3 is 2. The molecule has 1 aliphatic rings. The quantitative estimate of drug-likeness (QED) is 0.426. The number of hydrogen-bond donors (Lipinski definition) is 1. The molecule has 6 nitrogen and oxygen atoms in total. The van der Waals surface area contributed by atoms with Crippen molar-refractivity contribution in [2.24, 2.45) is 5.92 Å². The number of nitrogens with one attached hydrogen (secondary N) is 1. The van der Waals surface area contributed by atoms with Crippen molar-refractivity contribution >= 4 is 35.1 Å². The summed E-state index contributed by atoms with van der Waals surface area (Å²) in [5, 5.41) is 3.49. The third-order valence-electron chi connectivity index (χ3n) is 5.36. The van der Waals surface area contributed by atoms with E-state index >= 15 is 0 Å². The van der Waals surface area contributed by atoms with E-state index < -0.39 is 5.92 Å². The summed E-state index contributed by atoms with van der Waals surface area (Å²) in [6.07, 6.45) is 4.28. The highest BCUT2D eigenvalue weighted by Crippen LogP contribution is 2.40. The van der Waals surface area contributed by atoms with Crippen molar-refractivity contribution in [1.82, 2.24) is 5.32 Å². The molecule has 2 aromatic rings. The van der Waals surface area contributed by atoms with Crippen LogP contribution in [0.1, 0.15) is 35.2 Å². The molecular weight excluding hydrogens is 453 g/mol. The maximum Gasteiger partial charge on any atom is 0.314 e. The van der Waals surface area contributed by atoms with Gasteiger partial charge in [-0.25, -0.2) is 0 Å². The lowest BCUT2D eigenvalue weighted by molar-refractivity contribution is -0.146. The summed E-state index contributed by atoms with van der Waals surface area (Å²) in [5.41, 5.74) is 0.894. The van der Waals surface area contributed by atoms with Crippen LogP contribution in [-0.2, 0) is 9.53 Å². The third-order valence-corrected chi connectivity index (χ3v) is 5.99. The maximum absolute atomic E-state index is 13.0. The second-order valence-electron chi connectivity index (χ2n) is 7.30. The smallest absolute Gasteiger partial charge is 0.314 e. The summed E-state index contributed by atoms with van der Waals surface area (Å²) >= 11 is 12.3. The molecule has 8 heteroatoms. The zero-order valence-corrected chi connectivity index (χ0v) is 19.6. The first-order valence-corrected chi connectivity index (χ1v) is 11.0. The summed E-state index contributed by atoms with van der Waals surface area (Å²) in [6, 6.07) is 9.92. The second-order valence-corrected chi connectivity index (χ2v) is 8.11. The van der Waals surface area contributed by atoms with E-state index in [9.17, 15) is 9.59 Å². The molecule has 0 aliphatic heterocycles. The summed E-state index contributed by atoms with van der Waals surface area (Å²) < 4.78 is 16.2. The number of rotatable bonds is 8. The van der Waals surface area contributed by atoms with Gasteiger partial charge in [-0.2, -0.15) is 0 Å². The number of carbonyl (C=O) groups is 2. The fraction of sp³-hybridized carbons (Fsp3) is 0.333. The predicted octanol–water partition coefficient (Wildman–Crippen LogP) is 5.03. The second kappa shape index (κ2) is 10.7. The molecule has 0 aromatic heterocycles. The molecule has 0 radical (unpaired) electrons. The lowest BCUT2D eigenvalue weighted by Gasteiger charge is -2.24. The van der Waals surface area contributed by atoms with Gasteiger partial charge in [0.2, 0.25) is 0 Å². The van der Waals surface area contributed by atoms with E-state index in [-0.39, 0.29) is 46.1 Å². The Kier molecular flexibility index (Phi) is 8.04. The van der Waals surface area contributed by atoms with Gasteiger partial charge in [0, 0.05) is 11.6 Å². The highest BCUT2D eigenvalue weighted by atomic mass is 35.5. The van der Waals surface area contributed by atoms with Gasteiger partial charge in [-0.15, -0.1) is 0 Å². The van der Waals surface area contributed by atoms with Crippen LogP contribution in [0, 0.1) is 5.92 Å². The van der Waals surface area contributed by atoms with Gasteiger partial charge < -0.3 is 19.5 Å². The maximum atomic E-state index is 13.0. The Hall–Kier alpha value is -2.70. The fourth-order valence-electron chi connectivity index (χ4n) is 3.88. The molecule has 3 rings (SSSR count). The Morgan fingerprint density at radius 2 is 1.81 bits per heavy atom. The Morgan fingerprint density at radius 1 is 1.09 bits per heavy atom. The molecule has 0 heterocycles. The van der Waals surface area contributed by atoms with Crippen molar-refractivity contribution in [1.29, 1.82) is 0 Å². The summed E-state index contributed by atoms with van der Waals surface area (Å²) in [6.45, 7) is 2.02. The zero-order chi connectivity index (χ0) is 23.3. The lowest BCUT2D eigenvalue weighted by Crippen LogP contribution is -2.34. The van der Waals surface area contributed by atoms with Crippen molar-refractivity contribution in [3.8, 4) is 11.5 Å². The molecule has 0 fully saturated rings. The molecule has 32 heavy (non-hydrogen) atoms. The summed E-state index contributed by atoms with van der Waals surface area (Å²) in [4.78, 5) is 25.7. The van der Waals surface area contributed by atoms with Crippen LogP contribution >= 0.6 is 23.2 Å². The minimum atomic E-state index is -0.623. The van der Waals surface area contributed by atoms with E-state index in [2.05, 4.69) is 5.32 Å². The van der Waals surface area contributed by atoms with Gasteiger partial charge in [-0.1, -0.05) is 41.4 Å². The first-order valence-electron chi connectivity index (χ1n) is 10.2. The first kappa shape index (κ1) is 24.0. The molecule has 0 bridgehead atoms. The number of hydrogen-bond acceptors (Lipinski definition) is 5. The summed E-state index contributed by atoms with van der Waals surface area (Å²) in [5.74, 6) is -0.413. The van der Waals surface area contributed by atoms with Crippen LogP contribution < -0.4 is 14.8 Å². The lowest BCUT2D eigenvalue weighted by atomic mass is 9.84. The number of carbonyl (C=O) groups excluding carboxylic acids is 2. The van der Waals surface area contributed by atoms with Crippen molar-refractivity contribution < 1.29 is 23.8 Å². The average Bonchev–Trinajstić information content (AvgIpc) is 3.21. The normalized spacial score (nSPS) is 18.2. The molecule has 0 spiro atoms. The number of amides is 1. The Balaban J connectivity index is 1.84. The zero-order valence-electron chi connectivity index (χ0n) is 18.1. The molecule has 1 N–H and O–H groups in total. The molecule has 1 amide bonds. The first-order chi connectivity index (χ1) is 15.4. The molecule has 3 atom stereocenters. The number of esters is 1. The van der Waals surface area contributed by atoms with Crippen LogP contribution in [-0.4, -0.2) is 38.7 Å². The standard InChI is InChI=1S/C24H25Cl2NO5/c1-4-32-24(29)21(17-13-16(30-2)10-11-20(17)31-3)14-8-9-15(12-14)27-23(28)22-18(25)6-5-7-19(22)26/h5-11,13-15,21H,4,12H2,1-3H3,(H,27,28)/t14-,15-,21-/m0/s1. The number of ether oxygens (including phenoxy) is 3. The molecular formula is C24H25Cl2NO5. The predicted molar refractivity (Wildman–Crippen MR) is 124 cm³/mol. The Labute approximate surface area is 197 Å². The molecule has 0 saturated heterocycles. The van der Waals surface area contributed by atoms with Crippen LogP contribution in [0.2, 0.25) is 10.0 Å². The molecule has 2 aromatic carbocycles. The van der Waals surface area contributed by atoms with Crippen molar-refractivity contribution in [3.05, 3.63) is 69.7 Å². The Morgan fingerprint density at radius 3 is 2.44 bits per heavy atom. The highest BCUT2D eigenvalue weighted by Gasteiger charge is 2.36. The van der Waals surface area contributed by atoms with E-state index in [0.29, 0.717) is 23.5 Å². The minimum Gasteiger partial charge on any atom is -0.497 e. The highest BCUT2D eigenvalue weighted by molar-refractivity contribution is 6.39. The van der Waals surface area contributed by atoms with Crippen molar-refractivity contribution in [3.63, 3.8) is 0 Å². The fourth-order valence-corrected chi connectivity index (χ4v) is 4.45. The monoisotopic (exact) mass is 477 g/mol. The molecule has 1 aliphatic carbocycles. The van der Waals surface area contributed by atoms with E-state index in [4.69, 9.17) is 37.4 Å². The SMILES string of the molecule is CCOC(=O)[C@H](c1cc(OC)ccc1OC)[C@H]1C=C[C@H](NC(=O)c2c(Cl)cccc2Cl)C1. The number of halogens is 2. The number of benzene rings is 2. The van der Waals surface area contributed by atoms with Crippen LogP contribution in [0.15, 0.2) is 48.6 Å². The largest absolute Gasteiger partial charge is 0.497 e. The number of allylic oxidation sites excluding steroid dienone is 1. The van der Waals surface area contributed by atoms with Gasteiger partial charge in [-0.05, 0) is 49.6 Å². The topological polar surface area (TPSA) is 73.9 Å². The van der Waals surface area contributed by atoms with Crippen molar-refractivity contribution in [2.45, 2.75) is 25.3 Å². The van der Waals surface area contributed by atoms with Crippen LogP contribution in [0.3, 0.4) is 0 Å². The van der Waals surface area contributed by atoms with Gasteiger partial charge in [0.15, 0.2) is 0 Å². The van der Waals surface area contributed by atoms with Gasteiger partial charge >= 0.3 is 5.97 Å². The van der Waals surface area contributed by atoms with Gasteiger partial charge in [0.1, 0.15) is 11.5 Å². The van der Waals surface area contributed by atoms with E-state index in [0.717, 1.165) is 0 Å². The summed E-state index contributed by atoms with van der Waals surface area (Å²) in [7, 11) is 3.11. The van der Waals surface area contributed by atoms with Crippen LogP contribution in [0.4, 0.5) is 0 Å². The van der Waals surface area contributed by atoms with Crippen LogP contribution in [0.5, 0.6) is 11.5 Å².